The summed E-state index contributed by atoms with van der Waals surface area (Å²) in [4.78, 5) is 10.6. The molecule has 2 aliphatic rings. The quantitative estimate of drug-likeness (QED) is 0.195. The van der Waals surface area contributed by atoms with Crippen molar-refractivity contribution in [3.63, 3.8) is 0 Å². The summed E-state index contributed by atoms with van der Waals surface area (Å²) in [5.41, 5.74) is 16.5. The van der Waals surface area contributed by atoms with Crippen LogP contribution in [0.4, 0.5) is 0 Å². The van der Waals surface area contributed by atoms with Crippen molar-refractivity contribution in [1.29, 1.82) is 0 Å². The van der Waals surface area contributed by atoms with Crippen LogP contribution in [0.25, 0.3) is 72.5 Å². The molecule has 8 aromatic rings. The first-order valence-electron chi connectivity index (χ1n) is 17.2. The zero-order valence-corrected chi connectivity index (χ0v) is 28.1. The van der Waals surface area contributed by atoms with Crippen molar-refractivity contribution in [3.05, 3.63) is 162 Å². The van der Waals surface area contributed by atoms with Gasteiger partial charge in [0, 0.05) is 49.5 Å². The second-order valence-corrected chi connectivity index (χ2v) is 14.6. The van der Waals surface area contributed by atoms with E-state index in [9.17, 15) is 0 Å². The molecular formula is C46H35N3. The summed E-state index contributed by atoms with van der Waals surface area (Å²) in [6.07, 6.45) is 0. The van der Waals surface area contributed by atoms with E-state index in [0.29, 0.717) is 0 Å². The van der Waals surface area contributed by atoms with Crippen molar-refractivity contribution < 1.29 is 0 Å². The van der Waals surface area contributed by atoms with Gasteiger partial charge in [0.2, 0.25) is 0 Å². The number of fused-ring (bicyclic) bond motifs is 9. The predicted octanol–water partition coefficient (Wildman–Crippen LogP) is 11.5. The van der Waals surface area contributed by atoms with Gasteiger partial charge in [0.05, 0.1) is 22.4 Å². The van der Waals surface area contributed by atoms with E-state index in [2.05, 4.69) is 166 Å². The van der Waals surface area contributed by atoms with Crippen LogP contribution in [0.15, 0.2) is 140 Å². The first-order valence-corrected chi connectivity index (χ1v) is 17.2. The average molecular weight is 630 g/mol. The van der Waals surface area contributed by atoms with Crippen LogP contribution >= 0.6 is 0 Å². The summed E-state index contributed by atoms with van der Waals surface area (Å²) < 4.78 is 2.45. The van der Waals surface area contributed by atoms with Gasteiger partial charge < -0.3 is 4.57 Å². The number of hydrogen-bond donors (Lipinski definition) is 0. The van der Waals surface area contributed by atoms with Crippen molar-refractivity contribution in [2.45, 2.75) is 38.5 Å². The maximum atomic E-state index is 5.38. The van der Waals surface area contributed by atoms with E-state index in [1.54, 1.807) is 0 Å². The lowest BCUT2D eigenvalue weighted by molar-refractivity contribution is 0.658. The van der Waals surface area contributed by atoms with Crippen LogP contribution in [-0.2, 0) is 10.8 Å². The second-order valence-electron chi connectivity index (χ2n) is 14.6. The van der Waals surface area contributed by atoms with E-state index < -0.39 is 0 Å². The lowest BCUT2D eigenvalue weighted by Crippen LogP contribution is -2.17. The Kier molecular flexibility index (Phi) is 5.69. The van der Waals surface area contributed by atoms with Crippen LogP contribution in [0.3, 0.4) is 0 Å². The Hall–Kier alpha value is -5.80. The lowest BCUT2D eigenvalue weighted by atomic mass is 9.81. The van der Waals surface area contributed by atoms with E-state index >= 15 is 0 Å². The Balaban J connectivity index is 1.24. The number of hydrogen-bond acceptors (Lipinski definition) is 2. The number of aromatic nitrogens is 3. The molecule has 0 atom stereocenters. The SMILES string of the molecule is CC1(C)c2ccccc2-c2cc3c(cc21)c1ccccc1n3-c1cccc(-c2nc(-c3ccccc3)nc3c2C(C)(C)c2ccccc2-3)c1. The molecule has 0 aliphatic heterocycles. The minimum absolute atomic E-state index is 0.0581. The minimum atomic E-state index is -0.250. The van der Waals surface area contributed by atoms with Crippen LogP contribution in [-0.4, -0.2) is 14.5 Å². The number of rotatable bonds is 3. The summed E-state index contributed by atoms with van der Waals surface area (Å²) in [7, 11) is 0. The molecule has 3 nitrogen and oxygen atoms in total. The molecule has 6 aromatic carbocycles. The summed E-state index contributed by atoms with van der Waals surface area (Å²) >= 11 is 0. The van der Waals surface area contributed by atoms with Crippen LogP contribution in [0, 0.1) is 0 Å². The van der Waals surface area contributed by atoms with E-state index in [1.807, 2.05) is 6.07 Å². The fraction of sp³-hybridized carbons (Fsp3) is 0.130. The molecular weight excluding hydrogens is 595 g/mol. The molecule has 3 heteroatoms. The summed E-state index contributed by atoms with van der Waals surface area (Å²) in [6.45, 7) is 9.33. The van der Waals surface area contributed by atoms with Gasteiger partial charge in [-0.25, -0.2) is 9.97 Å². The Morgan fingerprint density at radius 1 is 0.449 bits per heavy atom. The first kappa shape index (κ1) is 28.2. The van der Waals surface area contributed by atoms with Gasteiger partial charge in [-0.3, -0.25) is 0 Å². The first-order chi connectivity index (χ1) is 23.8. The molecule has 0 unspecified atom stereocenters. The molecule has 0 bridgehead atoms. The molecule has 2 aromatic heterocycles. The highest BCUT2D eigenvalue weighted by atomic mass is 15.0. The van der Waals surface area contributed by atoms with Crippen molar-refractivity contribution in [2.24, 2.45) is 0 Å². The molecule has 0 saturated heterocycles. The van der Waals surface area contributed by atoms with Crippen molar-refractivity contribution in [3.8, 4) is 50.7 Å². The fourth-order valence-electron chi connectivity index (χ4n) is 8.78. The zero-order valence-electron chi connectivity index (χ0n) is 28.1. The smallest absolute Gasteiger partial charge is 0.160 e. The molecule has 0 N–H and O–H groups in total. The van der Waals surface area contributed by atoms with Gasteiger partial charge in [0.15, 0.2) is 5.82 Å². The topological polar surface area (TPSA) is 30.7 Å². The molecule has 2 heterocycles. The van der Waals surface area contributed by atoms with E-state index in [1.165, 1.54) is 60.8 Å². The normalized spacial score (nSPS) is 14.9. The van der Waals surface area contributed by atoms with Gasteiger partial charge in [0.25, 0.3) is 0 Å². The van der Waals surface area contributed by atoms with Crippen LogP contribution in [0.5, 0.6) is 0 Å². The van der Waals surface area contributed by atoms with Crippen LogP contribution in [0.2, 0.25) is 0 Å². The Morgan fingerprint density at radius 2 is 1.10 bits per heavy atom. The van der Waals surface area contributed by atoms with Gasteiger partial charge in [-0.05, 0) is 58.1 Å². The maximum Gasteiger partial charge on any atom is 0.160 e. The van der Waals surface area contributed by atoms with Crippen molar-refractivity contribution in [2.75, 3.05) is 0 Å². The third-order valence-corrected chi connectivity index (χ3v) is 11.2. The van der Waals surface area contributed by atoms with Crippen molar-refractivity contribution >= 4 is 21.8 Å². The summed E-state index contributed by atoms with van der Waals surface area (Å²) in [6, 6.07) is 50.6. The van der Waals surface area contributed by atoms with Gasteiger partial charge >= 0.3 is 0 Å². The minimum Gasteiger partial charge on any atom is -0.309 e. The lowest BCUT2D eigenvalue weighted by Gasteiger charge is -2.24. The third kappa shape index (κ3) is 3.84. The molecule has 2 aliphatic carbocycles. The van der Waals surface area contributed by atoms with Gasteiger partial charge in [0.1, 0.15) is 0 Å². The summed E-state index contributed by atoms with van der Waals surface area (Å²) in [5, 5.41) is 2.55. The van der Waals surface area contributed by atoms with Crippen LogP contribution in [0.1, 0.15) is 49.9 Å². The van der Waals surface area contributed by atoms with Crippen LogP contribution < -0.4 is 0 Å². The molecule has 234 valence electrons. The monoisotopic (exact) mass is 629 g/mol. The molecule has 0 spiro atoms. The van der Waals surface area contributed by atoms with Crippen molar-refractivity contribution in [1.82, 2.24) is 14.5 Å². The van der Waals surface area contributed by atoms with Gasteiger partial charge in [-0.15, -0.1) is 0 Å². The number of nitrogens with zero attached hydrogens (tertiary/aromatic N) is 3. The average Bonchev–Trinajstić information content (AvgIpc) is 3.68. The molecule has 0 amide bonds. The van der Waals surface area contributed by atoms with E-state index in [4.69, 9.17) is 9.97 Å². The highest BCUT2D eigenvalue weighted by Gasteiger charge is 2.40. The van der Waals surface area contributed by atoms with E-state index in [0.717, 1.165) is 34.0 Å². The summed E-state index contributed by atoms with van der Waals surface area (Å²) in [5.74, 6) is 0.751. The van der Waals surface area contributed by atoms with Gasteiger partial charge in [-0.1, -0.05) is 137 Å². The highest BCUT2D eigenvalue weighted by molar-refractivity contribution is 6.11. The highest BCUT2D eigenvalue weighted by Crippen LogP contribution is 2.53. The number of benzene rings is 6. The Morgan fingerprint density at radius 3 is 1.92 bits per heavy atom. The largest absolute Gasteiger partial charge is 0.309 e. The molecule has 49 heavy (non-hydrogen) atoms. The Labute approximate surface area is 286 Å². The fourth-order valence-corrected chi connectivity index (χ4v) is 8.78. The molecule has 0 fully saturated rings. The molecule has 0 radical (unpaired) electrons. The zero-order chi connectivity index (χ0) is 33.1. The van der Waals surface area contributed by atoms with Gasteiger partial charge in [-0.2, -0.15) is 0 Å². The predicted molar refractivity (Wildman–Crippen MR) is 202 cm³/mol. The maximum absolute atomic E-state index is 5.38. The third-order valence-electron chi connectivity index (χ3n) is 11.2. The van der Waals surface area contributed by atoms with E-state index in [-0.39, 0.29) is 10.8 Å². The second kappa shape index (κ2) is 9.87. The molecule has 0 saturated carbocycles. The number of para-hydroxylation sites is 1. The Bertz CT molecular complexity index is 2660. The molecule has 10 rings (SSSR count). The standard InChI is InChI=1S/C46H35N3/c1-45(2)36-22-11-8-19-31(36)34-27-40-35(26-38(34)45)32-20-10-13-24-39(32)49(40)30-18-14-17-29(25-30)42-41-43(33-21-9-12-23-37(33)46(41,3)4)48-44(47-42)28-15-6-5-7-16-28/h5-27H,1-4H3.